The van der Waals surface area contributed by atoms with Crippen LogP contribution in [0.4, 0.5) is 14.6 Å². The first-order valence-corrected chi connectivity index (χ1v) is 16.8. The molecule has 4 aliphatic heterocycles. The number of phenols is 1. The van der Waals surface area contributed by atoms with Crippen LogP contribution in [0.15, 0.2) is 30.5 Å². The van der Waals surface area contributed by atoms with Crippen LogP contribution in [0.3, 0.4) is 0 Å². The summed E-state index contributed by atoms with van der Waals surface area (Å²) < 4.78 is 38.4. The third-order valence-corrected chi connectivity index (χ3v) is 11.5. The summed E-state index contributed by atoms with van der Waals surface area (Å²) in [6, 6.07) is 7.00. The molecule has 4 aliphatic rings. The molecule has 8 nitrogen and oxygen atoms in total. The number of rotatable bonds is 5. The zero-order valence-corrected chi connectivity index (χ0v) is 27.1. The van der Waals surface area contributed by atoms with Gasteiger partial charge in [-0.25, -0.2) is 8.78 Å². The minimum atomic E-state index is -0.698. The van der Waals surface area contributed by atoms with Crippen LogP contribution in [-0.4, -0.2) is 86.3 Å². The first-order valence-electron chi connectivity index (χ1n) is 16.8. The number of likely N-dealkylation sites (tertiary alicyclic amines) is 1. The van der Waals surface area contributed by atoms with E-state index in [1.807, 2.05) is 0 Å². The van der Waals surface area contributed by atoms with Gasteiger partial charge in [0, 0.05) is 41.3 Å². The summed E-state index contributed by atoms with van der Waals surface area (Å²) in [7, 11) is 2.21. The highest BCUT2D eigenvalue weighted by Gasteiger charge is 2.46. The normalized spacial score (nSPS) is 25.7. The molecule has 10 heteroatoms. The Balaban J connectivity index is 1.30. The summed E-state index contributed by atoms with van der Waals surface area (Å²) in [6.45, 7) is 7.04. The molecule has 4 atom stereocenters. The van der Waals surface area contributed by atoms with Gasteiger partial charge in [-0.1, -0.05) is 12.0 Å². The number of ether oxygens (including phenoxy) is 1. The molecular formula is C37H40F2N6O2. The van der Waals surface area contributed by atoms with Gasteiger partial charge in [-0.15, -0.1) is 6.42 Å². The lowest BCUT2D eigenvalue weighted by Crippen LogP contribution is -2.60. The molecule has 0 amide bonds. The first-order chi connectivity index (χ1) is 22.7. The van der Waals surface area contributed by atoms with Crippen LogP contribution in [0.25, 0.3) is 32.9 Å². The monoisotopic (exact) mass is 638 g/mol. The molecule has 6 heterocycles. The summed E-state index contributed by atoms with van der Waals surface area (Å²) in [5.41, 5.74) is 0.140. The number of hydrogen-bond acceptors (Lipinski definition) is 8. The average Bonchev–Trinajstić information content (AvgIpc) is 3.63. The summed E-state index contributed by atoms with van der Waals surface area (Å²) in [6.07, 6.45) is 14.6. The highest BCUT2D eigenvalue weighted by molar-refractivity contribution is 6.03. The van der Waals surface area contributed by atoms with Gasteiger partial charge in [-0.05, 0) is 103 Å². The molecule has 47 heavy (non-hydrogen) atoms. The number of fused-ring (bicyclic) bond motifs is 5. The Bertz CT molecular complexity index is 1930. The Kier molecular flexibility index (Phi) is 7.26. The lowest BCUT2D eigenvalue weighted by atomic mass is 9.83. The zero-order chi connectivity index (χ0) is 32.6. The highest BCUT2D eigenvalue weighted by atomic mass is 19.1. The molecule has 4 fully saturated rings. The van der Waals surface area contributed by atoms with Crippen LogP contribution in [0.2, 0.25) is 0 Å². The fraction of sp³-hybridized carbons (Fsp3) is 0.486. The van der Waals surface area contributed by atoms with Gasteiger partial charge in [-0.2, -0.15) is 9.97 Å². The Morgan fingerprint density at radius 1 is 1.04 bits per heavy atom. The second kappa shape index (κ2) is 11.3. The fourth-order valence-corrected chi connectivity index (χ4v) is 9.12. The Labute approximate surface area is 273 Å². The topological polar surface area (TPSA) is 77.9 Å². The van der Waals surface area contributed by atoms with Gasteiger partial charge < -0.3 is 19.6 Å². The van der Waals surface area contributed by atoms with Crippen molar-refractivity contribution < 1.29 is 18.6 Å². The Morgan fingerprint density at radius 2 is 1.81 bits per heavy atom. The van der Waals surface area contributed by atoms with Crippen LogP contribution < -0.4 is 9.64 Å². The van der Waals surface area contributed by atoms with Crippen molar-refractivity contribution in [2.24, 2.45) is 0 Å². The van der Waals surface area contributed by atoms with Gasteiger partial charge in [0.15, 0.2) is 5.82 Å². The van der Waals surface area contributed by atoms with Gasteiger partial charge in [0.25, 0.3) is 0 Å². The molecule has 0 saturated carbocycles. The minimum Gasteiger partial charge on any atom is -0.508 e. The third kappa shape index (κ3) is 4.81. The molecule has 0 radical (unpaired) electrons. The van der Waals surface area contributed by atoms with Crippen molar-refractivity contribution in [3.05, 3.63) is 47.7 Å². The summed E-state index contributed by atoms with van der Waals surface area (Å²) in [5, 5.41) is 11.9. The van der Waals surface area contributed by atoms with Crippen molar-refractivity contribution in [3.8, 4) is 35.4 Å². The number of nitrogens with zero attached hydrogens (tertiary/aromatic N) is 6. The molecule has 4 aromatic rings. The van der Waals surface area contributed by atoms with E-state index in [4.69, 9.17) is 21.1 Å². The largest absolute Gasteiger partial charge is 0.508 e. The van der Waals surface area contributed by atoms with E-state index in [0.29, 0.717) is 40.7 Å². The molecule has 2 aromatic carbocycles. The van der Waals surface area contributed by atoms with E-state index in [9.17, 15) is 9.50 Å². The van der Waals surface area contributed by atoms with Crippen LogP contribution in [0.1, 0.15) is 64.4 Å². The van der Waals surface area contributed by atoms with E-state index in [-0.39, 0.29) is 51.7 Å². The van der Waals surface area contributed by atoms with E-state index in [2.05, 4.69) is 46.5 Å². The van der Waals surface area contributed by atoms with Gasteiger partial charge >= 0.3 is 6.01 Å². The van der Waals surface area contributed by atoms with Gasteiger partial charge in [0.1, 0.15) is 35.2 Å². The predicted molar refractivity (Wildman–Crippen MR) is 179 cm³/mol. The molecule has 1 N–H and O–H groups in total. The van der Waals surface area contributed by atoms with Crippen LogP contribution in [0, 0.1) is 24.0 Å². The molecule has 244 valence electrons. The van der Waals surface area contributed by atoms with Gasteiger partial charge in [-0.3, -0.25) is 9.88 Å². The first kappa shape index (κ1) is 30.3. The minimum absolute atomic E-state index is 0.0174. The number of piperidine rings is 2. The molecule has 4 saturated heterocycles. The maximum atomic E-state index is 17.0. The Hall–Kier alpha value is -4.07. The van der Waals surface area contributed by atoms with Crippen molar-refractivity contribution in [2.45, 2.75) is 88.5 Å². The maximum absolute atomic E-state index is 17.0. The number of anilines is 1. The standard InChI is InChI=1S/C37H40F2N6O2/c1-5-27-30(38)9-8-23-16-26(46)18-28(31(23)27)33-32(39)34-29(19-40-33)35(45-22(3)15-24-17-25(45)14-21(2)43(24)4)42-36(41-34)47-20-37-10-6-12-44(37)13-7-11-37/h1,8-9,16,18-19,21-22,24-25,46H,6-7,10-15,17,20H2,2-4H3. The fourth-order valence-electron chi connectivity index (χ4n) is 9.12. The third-order valence-electron chi connectivity index (χ3n) is 11.5. The highest BCUT2D eigenvalue weighted by Crippen LogP contribution is 2.43. The van der Waals surface area contributed by atoms with E-state index >= 15 is 4.39 Å². The number of pyridine rings is 1. The summed E-state index contributed by atoms with van der Waals surface area (Å²) in [4.78, 5) is 21.7. The number of halogens is 2. The summed E-state index contributed by atoms with van der Waals surface area (Å²) in [5.74, 6) is 1.62. The number of aromatic nitrogens is 3. The molecular weight excluding hydrogens is 598 g/mol. The second-order valence-electron chi connectivity index (χ2n) is 14.2. The molecule has 4 unspecified atom stereocenters. The molecule has 8 rings (SSSR count). The van der Waals surface area contributed by atoms with Crippen molar-refractivity contribution >= 4 is 27.5 Å². The van der Waals surface area contributed by atoms with Crippen LogP contribution in [-0.2, 0) is 0 Å². The van der Waals surface area contributed by atoms with Crippen LogP contribution >= 0.6 is 0 Å². The van der Waals surface area contributed by atoms with E-state index in [1.165, 1.54) is 24.3 Å². The average molecular weight is 639 g/mol. The van der Waals surface area contributed by atoms with Gasteiger partial charge in [0.2, 0.25) is 0 Å². The Morgan fingerprint density at radius 3 is 2.57 bits per heavy atom. The van der Waals surface area contributed by atoms with Crippen LogP contribution in [0.5, 0.6) is 11.8 Å². The lowest BCUT2D eigenvalue weighted by molar-refractivity contribution is 0.0734. The smallest absolute Gasteiger partial charge is 0.319 e. The van der Waals surface area contributed by atoms with E-state index < -0.39 is 11.6 Å². The quantitative estimate of drug-likeness (QED) is 0.257. The summed E-state index contributed by atoms with van der Waals surface area (Å²) >= 11 is 0. The molecule has 0 spiro atoms. The van der Waals surface area contributed by atoms with E-state index in [1.54, 1.807) is 6.20 Å². The number of hydrogen-bond donors (Lipinski definition) is 1. The maximum Gasteiger partial charge on any atom is 0.319 e. The predicted octanol–water partition coefficient (Wildman–Crippen LogP) is 6.27. The van der Waals surface area contributed by atoms with Crippen molar-refractivity contribution in [1.82, 2.24) is 24.8 Å². The van der Waals surface area contributed by atoms with Crippen molar-refractivity contribution in [3.63, 3.8) is 0 Å². The molecule has 2 bridgehead atoms. The van der Waals surface area contributed by atoms with Gasteiger partial charge in [0.05, 0.1) is 16.5 Å². The lowest BCUT2D eigenvalue weighted by Gasteiger charge is -2.53. The molecule has 0 aliphatic carbocycles. The zero-order valence-electron chi connectivity index (χ0n) is 27.1. The number of aromatic hydroxyl groups is 1. The van der Waals surface area contributed by atoms with Crippen molar-refractivity contribution in [1.29, 1.82) is 0 Å². The second-order valence-corrected chi connectivity index (χ2v) is 14.2. The number of phenolic OH excluding ortho intramolecular Hbond substituents is 1. The van der Waals surface area contributed by atoms with Crippen molar-refractivity contribution in [2.75, 3.05) is 31.6 Å². The number of terminal acetylenes is 1. The molecule has 2 aromatic heterocycles. The SMILES string of the molecule is C#Cc1c(F)ccc2cc(O)cc(-c3ncc4c(N5C(C)CC6CC5CC(C)N6C)nc(OCC56CCCN5CCC6)nc4c3F)c12. The number of benzene rings is 2. The van der Waals surface area contributed by atoms with E-state index in [0.717, 1.165) is 58.0 Å².